The average molecular weight is 369 g/mol. The molecule has 8 heteroatoms. The zero-order chi connectivity index (χ0) is 18.8. The molecule has 1 atom stereocenters. The Labute approximate surface area is 156 Å². The zero-order valence-corrected chi connectivity index (χ0v) is 15.1. The number of rotatable bonds is 6. The Morgan fingerprint density at radius 1 is 1.30 bits per heavy atom. The van der Waals surface area contributed by atoms with Gasteiger partial charge in [-0.05, 0) is 30.2 Å². The first-order valence-corrected chi connectivity index (χ1v) is 9.00. The molecule has 1 aliphatic heterocycles. The number of aromatic amines is 1. The number of anilines is 2. The minimum atomic E-state index is -0.328. The predicted molar refractivity (Wildman–Crippen MR) is 102 cm³/mol. The van der Waals surface area contributed by atoms with Gasteiger partial charge >= 0.3 is 0 Å². The third-order valence-corrected chi connectivity index (χ3v) is 4.77. The first-order chi connectivity index (χ1) is 13.2. The molecule has 0 saturated carbocycles. The average Bonchev–Trinajstić information content (AvgIpc) is 3.33. The minimum Gasteiger partial charge on any atom is -0.488 e. The predicted octanol–water partition coefficient (Wildman–Crippen LogP) is 2.42. The van der Waals surface area contributed by atoms with Crippen LogP contribution in [0.5, 0.6) is 5.75 Å². The molecule has 3 heterocycles. The van der Waals surface area contributed by atoms with Crippen LogP contribution in [-0.2, 0) is 9.47 Å². The van der Waals surface area contributed by atoms with Crippen LogP contribution in [0.3, 0.4) is 0 Å². The van der Waals surface area contributed by atoms with E-state index >= 15 is 0 Å². The molecule has 0 bridgehead atoms. The normalized spacial score (nSPS) is 16.0. The lowest BCUT2D eigenvalue weighted by Crippen LogP contribution is -2.18. The summed E-state index contributed by atoms with van der Waals surface area (Å²) in [6, 6.07) is 6.14. The third kappa shape index (κ3) is 3.54. The highest BCUT2D eigenvalue weighted by atomic mass is 16.7. The summed E-state index contributed by atoms with van der Waals surface area (Å²) >= 11 is 0. The van der Waals surface area contributed by atoms with Crippen LogP contribution >= 0.6 is 0 Å². The maximum atomic E-state index is 6.10. The molecule has 0 amide bonds. The maximum absolute atomic E-state index is 6.10. The van der Waals surface area contributed by atoms with Crippen molar-refractivity contribution >= 4 is 22.7 Å². The quantitative estimate of drug-likeness (QED) is 0.610. The Balaban J connectivity index is 1.69. The van der Waals surface area contributed by atoms with Crippen molar-refractivity contribution in [2.75, 3.05) is 31.3 Å². The number of hydrogen-bond donors (Lipinski definition) is 3. The van der Waals surface area contributed by atoms with E-state index in [0.717, 1.165) is 34.2 Å². The van der Waals surface area contributed by atoms with Gasteiger partial charge in [-0.1, -0.05) is 6.92 Å². The number of nitrogens with one attached hydrogen (secondary N) is 1. The molecule has 142 valence electrons. The van der Waals surface area contributed by atoms with Crippen molar-refractivity contribution in [1.82, 2.24) is 15.0 Å². The number of fused-ring (bicyclic) bond motifs is 1. The molecule has 0 spiro atoms. The van der Waals surface area contributed by atoms with Crippen molar-refractivity contribution < 1.29 is 14.2 Å². The number of benzene rings is 1. The van der Waals surface area contributed by atoms with Gasteiger partial charge < -0.3 is 30.7 Å². The summed E-state index contributed by atoms with van der Waals surface area (Å²) < 4.78 is 17.0. The van der Waals surface area contributed by atoms with Crippen LogP contribution in [0.15, 0.2) is 30.6 Å². The van der Waals surface area contributed by atoms with Crippen LogP contribution in [0.4, 0.5) is 11.8 Å². The molecular weight excluding hydrogens is 346 g/mol. The lowest BCUT2D eigenvalue weighted by Gasteiger charge is -2.19. The van der Waals surface area contributed by atoms with E-state index in [9.17, 15) is 0 Å². The number of aromatic nitrogens is 3. The molecular formula is C19H23N5O3. The van der Waals surface area contributed by atoms with Gasteiger partial charge in [-0.25, -0.2) is 4.98 Å². The summed E-state index contributed by atoms with van der Waals surface area (Å²) in [6.45, 7) is 3.64. The van der Waals surface area contributed by atoms with Crippen LogP contribution in [0.1, 0.15) is 30.4 Å². The van der Waals surface area contributed by atoms with Crippen LogP contribution in [0, 0.1) is 0 Å². The van der Waals surface area contributed by atoms with Gasteiger partial charge in [-0.3, -0.25) is 0 Å². The number of nitrogen functional groups attached to an aromatic ring is 2. The van der Waals surface area contributed by atoms with Crippen LogP contribution in [0.25, 0.3) is 10.9 Å². The SMILES string of the molecule is CCC(c1cc(OCC2OCCO2)c2cc[nH]c2c1)c1cnc(N)nc1N. The summed E-state index contributed by atoms with van der Waals surface area (Å²) in [5.74, 6) is 1.37. The summed E-state index contributed by atoms with van der Waals surface area (Å²) in [5, 5.41) is 1.01. The summed E-state index contributed by atoms with van der Waals surface area (Å²) in [4.78, 5) is 11.5. The van der Waals surface area contributed by atoms with Crippen LogP contribution in [-0.4, -0.2) is 41.1 Å². The van der Waals surface area contributed by atoms with Gasteiger partial charge in [0.05, 0.1) is 13.2 Å². The second-order valence-electron chi connectivity index (χ2n) is 6.47. The molecule has 8 nitrogen and oxygen atoms in total. The Bertz CT molecular complexity index is 936. The van der Waals surface area contributed by atoms with Gasteiger partial charge in [0.25, 0.3) is 0 Å². The Morgan fingerprint density at radius 3 is 2.85 bits per heavy atom. The molecule has 2 aromatic heterocycles. The second-order valence-corrected chi connectivity index (χ2v) is 6.47. The van der Waals surface area contributed by atoms with Crippen LogP contribution < -0.4 is 16.2 Å². The summed E-state index contributed by atoms with van der Waals surface area (Å²) in [6.07, 6.45) is 4.10. The molecule has 4 rings (SSSR count). The van der Waals surface area contributed by atoms with Crippen molar-refractivity contribution in [3.05, 3.63) is 41.7 Å². The lowest BCUT2D eigenvalue weighted by molar-refractivity contribution is -0.0681. The molecule has 1 fully saturated rings. The van der Waals surface area contributed by atoms with Gasteiger partial charge in [0.1, 0.15) is 18.2 Å². The largest absolute Gasteiger partial charge is 0.488 e. The van der Waals surface area contributed by atoms with E-state index in [4.69, 9.17) is 25.7 Å². The molecule has 1 saturated heterocycles. The molecule has 1 aromatic carbocycles. The number of hydrogen-bond acceptors (Lipinski definition) is 7. The fraction of sp³-hybridized carbons (Fsp3) is 0.368. The first kappa shape index (κ1) is 17.6. The fourth-order valence-corrected chi connectivity index (χ4v) is 3.46. The van der Waals surface area contributed by atoms with E-state index in [1.54, 1.807) is 6.20 Å². The number of nitrogens with zero attached hydrogens (tertiary/aromatic N) is 2. The Hall–Kier alpha value is -2.84. The number of H-pyrrole nitrogens is 1. The molecule has 1 unspecified atom stereocenters. The zero-order valence-electron chi connectivity index (χ0n) is 15.1. The third-order valence-electron chi connectivity index (χ3n) is 4.77. The van der Waals surface area contributed by atoms with Crippen molar-refractivity contribution in [1.29, 1.82) is 0 Å². The second kappa shape index (κ2) is 7.42. The van der Waals surface area contributed by atoms with Gasteiger partial charge in [-0.15, -0.1) is 0 Å². The van der Waals surface area contributed by atoms with E-state index in [2.05, 4.69) is 27.9 Å². The topological polar surface area (TPSA) is 121 Å². The molecule has 0 aliphatic carbocycles. The highest BCUT2D eigenvalue weighted by Gasteiger charge is 2.21. The van der Waals surface area contributed by atoms with E-state index in [1.165, 1.54) is 0 Å². The van der Waals surface area contributed by atoms with Crippen molar-refractivity contribution in [3.8, 4) is 5.75 Å². The summed E-state index contributed by atoms with van der Waals surface area (Å²) in [5.41, 5.74) is 14.7. The Morgan fingerprint density at radius 2 is 2.11 bits per heavy atom. The molecule has 1 aliphatic rings. The molecule has 3 aromatic rings. The fourth-order valence-electron chi connectivity index (χ4n) is 3.46. The Kier molecular flexibility index (Phi) is 4.83. The van der Waals surface area contributed by atoms with Crippen molar-refractivity contribution in [2.24, 2.45) is 0 Å². The van der Waals surface area contributed by atoms with Crippen molar-refractivity contribution in [3.63, 3.8) is 0 Å². The van der Waals surface area contributed by atoms with Gasteiger partial charge in [0.2, 0.25) is 5.95 Å². The number of ether oxygens (including phenoxy) is 3. The molecule has 27 heavy (non-hydrogen) atoms. The standard InChI is InChI=1S/C19H23N5O3/c1-2-12(14-9-23-19(21)24-18(14)20)11-7-15-13(3-4-22-15)16(8-11)27-10-17-25-5-6-26-17/h3-4,7-9,12,17,22H,2,5-6,10H2,1H3,(H4,20,21,23,24). The monoisotopic (exact) mass is 369 g/mol. The highest BCUT2D eigenvalue weighted by molar-refractivity contribution is 5.87. The molecule has 0 radical (unpaired) electrons. The van der Waals surface area contributed by atoms with Gasteiger partial charge in [0.15, 0.2) is 6.29 Å². The summed E-state index contributed by atoms with van der Waals surface area (Å²) in [7, 11) is 0. The van der Waals surface area contributed by atoms with Gasteiger partial charge in [0, 0.05) is 34.8 Å². The number of nitrogens with two attached hydrogens (primary N) is 2. The van der Waals surface area contributed by atoms with Crippen molar-refractivity contribution in [2.45, 2.75) is 25.6 Å². The van der Waals surface area contributed by atoms with Gasteiger partial charge in [-0.2, -0.15) is 4.98 Å². The highest BCUT2D eigenvalue weighted by Crippen LogP contribution is 2.36. The van der Waals surface area contributed by atoms with E-state index in [1.807, 2.05) is 18.3 Å². The first-order valence-electron chi connectivity index (χ1n) is 9.00. The minimum absolute atomic E-state index is 0.0274. The van der Waals surface area contributed by atoms with E-state index < -0.39 is 0 Å². The smallest absolute Gasteiger partial charge is 0.221 e. The lowest BCUT2D eigenvalue weighted by atomic mass is 9.89. The van der Waals surface area contributed by atoms with E-state index in [0.29, 0.717) is 25.6 Å². The van der Waals surface area contributed by atoms with Crippen LogP contribution in [0.2, 0.25) is 0 Å². The molecule has 5 N–H and O–H groups in total. The van der Waals surface area contributed by atoms with E-state index in [-0.39, 0.29) is 18.2 Å². The maximum Gasteiger partial charge on any atom is 0.221 e.